The number of amides is 1. The summed E-state index contributed by atoms with van der Waals surface area (Å²) in [6.45, 7) is 2.72. The van der Waals surface area contributed by atoms with Crippen molar-refractivity contribution in [1.82, 2.24) is 4.90 Å². The average molecular weight is 291 g/mol. The van der Waals surface area contributed by atoms with Crippen molar-refractivity contribution in [2.75, 3.05) is 13.1 Å². The number of carbonyl (C=O) groups excluding carboxylic acids is 1. The number of nitrogens with zero attached hydrogens (tertiary/aromatic N) is 1. The largest absolute Gasteiger partial charge is 0.481 e. The Morgan fingerprint density at radius 1 is 1.24 bits per heavy atom. The Bertz CT molecular complexity index is 557. The number of carboxylic acids is 1. The number of aliphatic carboxylic acids is 1. The molecule has 1 aliphatic rings. The van der Waals surface area contributed by atoms with E-state index in [2.05, 4.69) is 0 Å². The summed E-state index contributed by atoms with van der Waals surface area (Å²) < 4.78 is 12.9. The Kier molecular flexibility index (Phi) is 4.73. The van der Waals surface area contributed by atoms with Gasteiger partial charge >= 0.3 is 5.97 Å². The minimum atomic E-state index is -0.792. The van der Waals surface area contributed by atoms with Gasteiger partial charge in [-0.25, -0.2) is 4.39 Å². The zero-order valence-electron chi connectivity index (χ0n) is 11.9. The van der Waals surface area contributed by atoms with Crippen LogP contribution < -0.4 is 0 Å². The monoisotopic (exact) mass is 291 g/mol. The molecule has 1 N–H and O–H groups in total. The molecule has 2 rings (SSSR count). The first kappa shape index (κ1) is 15.2. The first-order valence-electron chi connectivity index (χ1n) is 6.93. The lowest BCUT2D eigenvalue weighted by Gasteiger charge is -2.29. The Balaban J connectivity index is 1.99. The highest BCUT2D eigenvalue weighted by molar-refractivity contribution is 5.95. The van der Waals surface area contributed by atoms with Crippen molar-refractivity contribution in [2.24, 2.45) is 5.92 Å². The molecule has 0 saturated carbocycles. The molecule has 21 heavy (non-hydrogen) atoms. The summed E-state index contributed by atoms with van der Waals surface area (Å²) in [4.78, 5) is 24.7. The normalized spacial score (nSPS) is 16.9. The summed E-state index contributed by atoms with van der Waals surface area (Å²) >= 11 is 0. The maximum atomic E-state index is 12.9. The summed E-state index contributed by atoms with van der Waals surface area (Å²) in [6, 6.07) is 5.97. The number of hydrogen-bond donors (Lipinski definition) is 1. The molecule has 1 aliphatic heterocycles. The van der Waals surface area contributed by atoms with E-state index in [-0.39, 0.29) is 17.6 Å². The lowest BCUT2D eigenvalue weighted by Crippen LogP contribution is -2.39. The molecule has 112 valence electrons. The highest BCUT2D eigenvalue weighted by Crippen LogP contribution is 2.19. The number of carboxylic acid groups (broad SMARTS) is 1. The Labute approximate surface area is 122 Å². The molecular formula is C16H18FNO3. The molecule has 1 aromatic carbocycles. The second-order valence-electron chi connectivity index (χ2n) is 5.27. The van der Waals surface area contributed by atoms with Gasteiger partial charge in [-0.3, -0.25) is 9.59 Å². The number of benzene rings is 1. The van der Waals surface area contributed by atoms with Crippen LogP contribution in [0.5, 0.6) is 0 Å². The smallest absolute Gasteiger partial charge is 0.306 e. The van der Waals surface area contributed by atoms with Crippen LogP contribution in [0.4, 0.5) is 4.39 Å². The van der Waals surface area contributed by atoms with E-state index in [1.807, 2.05) is 0 Å². The molecule has 0 radical (unpaired) electrons. The number of hydrogen-bond acceptors (Lipinski definition) is 2. The third-order valence-corrected chi connectivity index (χ3v) is 3.80. The number of carbonyl (C=O) groups is 2. The van der Waals surface area contributed by atoms with Crippen molar-refractivity contribution >= 4 is 17.4 Å². The third-order valence-electron chi connectivity index (χ3n) is 3.80. The van der Waals surface area contributed by atoms with Crippen LogP contribution in [0, 0.1) is 11.7 Å². The first-order chi connectivity index (χ1) is 9.97. The highest BCUT2D eigenvalue weighted by atomic mass is 19.1. The van der Waals surface area contributed by atoms with Crippen molar-refractivity contribution in [3.8, 4) is 0 Å². The van der Waals surface area contributed by atoms with Gasteiger partial charge in [0.05, 0.1) is 5.92 Å². The van der Waals surface area contributed by atoms with Crippen LogP contribution in [0.3, 0.4) is 0 Å². The Morgan fingerprint density at radius 3 is 2.33 bits per heavy atom. The predicted octanol–water partition coefficient (Wildman–Crippen LogP) is 2.55. The fraction of sp³-hybridized carbons (Fsp3) is 0.375. The molecule has 1 heterocycles. The SMILES string of the molecule is C/C(=C\C(=O)N1CCC(C(=O)O)CC1)c1ccc(F)cc1. The Morgan fingerprint density at radius 2 is 1.81 bits per heavy atom. The molecule has 0 bridgehead atoms. The second kappa shape index (κ2) is 6.52. The summed E-state index contributed by atoms with van der Waals surface area (Å²) in [5.41, 5.74) is 1.56. The standard InChI is InChI=1S/C16H18FNO3/c1-11(12-2-4-14(17)5-3-12)10-15(19)18-8-6-13(7-9-18)16(20)21/h2-5,10,13H,6-9H2,1H3,(H,20,21)/b11-10+. The van der Waals surface area contributed by atoms with Crippen LogP contribution in [0.25, 0.3) is 5.57 Å². The predicted molar refractivity (Wildman–Crippen MR) is 77.0 cm³/mol. The van der Waals surface area contributed by atoms with Gasteiger partial charge in [0.2, 0.25) is 5.91 Å². The quantitative estimate of drug-likeness (QED) is 0.871. The van der Waals surface area contributed by atoms with Crippen molar-refractivity contribution in [3.63, 3.8) is 0 Å². The van der Waals surface area contributed by atoms with Gasteiger partial charge in [0.1, 0.15) is 5.82 Å². The molecule has 1 aromatic rings. The molecule has 0 spiro atoms. The Hall–Kier alpha value is -2.17. The van der Waals surface area contributed by atoms with Crippen LogP contribution in [0.15, 0.2) is 30.3 Å². The molecule has 0 aliphatic carbocycles. The van der Waals surface area contributed by atoms with Crippen LogP contribution in [0.2, 0.25) is 0 Å². The van der Waals surface area contributed by atoms with Crippen LogP contribution in [-0.2, 0) is 9.59 Å². The van der Waals surface area contributed by atoms with E-state index in [1.54, 1.807) is 24.0 Å². The van der Waals surface area contributed by atoms with E-state index >= 15 is 0 Å². The van der Waals surface area contributed by atoms with Crippen molar-refractivity contribution in [3.05, 3.63) is 41.7 Å². The van der Waals surface area contributed by atoms with E-state index < -0.39 is 5.97 Å². The topological polar surface area (TPSA) is 57.6 Å². The zero-order valence-corrected chi connectivity index (χ0v) is 11.9. The number of likely N-dealkylation sites (tertiary alicyclic amines) is 1. The van der Waals surface area contributed by atoms with Crippen molar-refractivity contribution in [2.45, 2.75) is 19.8 Å². The second-order valence-corrected chi connectivity index (χ2v) is 5.27. The minimum absolute atomic E-state index is 0.124. The summed E-state index contributed by atoms with van der Waals surface area (Å²) in [5, 5.41) is 8.93. The van der Waals surface area contributed by atoms with Crippen molar-refractivity contribution < 1.29 is 19.1 Å². The molecule has 4 nitrogen and oxygen atoms in total. The van der Waals surface area contributed by atoms with Gasteiger partial charge in [-0.15, -0.1) is 0 Å². The lowest BCUT2D eigenvalue weighted by atomic mass is 9.97. The van der Waals surface area contributed by atoms with E-state index in [0.717, 1.165) is 11.1 Å². The van der Waals surface area contributed by atoms with Gasteiger partial charge < -0.3 is 10.0 Å². The molecule has 0 atom stereocenters. The van der Waals surface area contributed by atoms with Gasteiger partial charge in [-0.05, 0) is 43.0 Å². The number of allylic oxidation sites excluding steroid dienone is 1. The molecule has 5 heteroatoms. The van der Waals surface area contributed by atoms with Crippen LogP contribution in [-0.4, -0.2) is 35.0 Å². The fourth-order valence-corrected chi connectivity index (χ4v) is 2.42. The number of halogens is 1. The van der Waals surface area contributed by atoms with Gasteiger partial charge in [-0.1, -0.05) is 12.1 Å². The summed E-state index contributed by atoms with van der Waals surface area (Å²) in [5.74, 6) is -1.58. The summed E-state index contributed by atoms with van der Waals surface area (Å²) in [6.07, 6.45) is 2.50. The molecular weight excluding hydrogens is 273 g/mol. The lowest BCUT2D eigenvalue weighted by molar-refractivity contribution is -0.144. The van der Waals surface area contributed by atoms with E-state index in [0.29, 0.717) is 25.9 Å². The average Bonchev–Trinajstić information content (AvgIpc) is 2.47. The molecule has 0 aromatic heterocycles. The molecule has 1 saturated heterocycles. The van der Waals surface area contributed by atoms with Gasteiger partial charge in [0.15, 0.2) is 0 Å². The maximum absolute atomic E-state index is 12.9. The fourth-order valence-electron chi connectivity index (χ4n) is 2.42. The van der Waals surface area contributed by atoms with E-state index in [1.165, 1.54) is 18.2 Å². The van der Waals surface area contributed by atoms with Gasteiger partial charge in [0, 0.05) is 19.2 Å². The van der Waals surface area contributed by atoms with Gasteiger partial charge in [0.25, 0.3) is 0 Å². The molecule has 1 fully saturated rings. The minimum Gasteiger partial charge on any atom is -0.481 e. The van der Waals surface area contributed by atoms with E-state index in [9.17, 15) is 14.0 Å². The highest BCUT2D eigenvalue weighted by Gasteiger charge is 2.26. The maximum Gasteiger partial charge on any atom is 0.306 e. The third kappa shape index (κ3) is 3.90. The zero-order chi connectivity index (χ0) is 15.4. The van der Waals surface area contributed by atoms with Crippen LogP contribution in [0.1, 0.15) is 25.3 Å². The summed E-state index contributed by atoms with van der Waals surface area (Å²) in [7, 11) is 0. The van der Waals surface area contributed by atoms with Crippen molar-refractivity contribution in [1.29, 1.82) is 0 Å². The van der Waals surface area contributed by atoms with E-state index in [4.69, 9.17) is 5.11 Å². The molecule has 0 unspecified atom stereocenters. The first-order valence-corrected chi connectivity index (χ1v) is 6.93. The molecule has 1 amide bonds. The van der Waals surface area contributed by atoms with Gasteiger partial charge in [-0.2, -0.15) is 0 Å². The number of rotatable bonds is 3. The van der Waals surface area contributed by atoms with Crippen LogP contribution >= 0.6 is 0 Å². The number of piperidine rings is 1.